The third-order valence-corrected chi connectivity index (χ3v) is 3.38. The second-order valence-corrected chi connectivity index (χ2v) is 4.58. The number of hydrogen-bond donors (Lipinski definition) is 1. The minimum absolute atomic E-state index is 0.0838. The van der Waals surface area contributed by atoms with Crippen LogP contribution in [0.3, 0.4) is 0 Å². The van der Waals surface area contributed by atoms with E-state index in [2.05, 4.69) is 17.0 Å². The van der Waals surface area contributed by atoms with Crippen molar-refractivity contribution in [2.75, 3.05) is 0 Å². The van der Waals surface area contributed by atoms with Gasteiger partial charge in [0, 0.05) is 17.1 Å². The fourth-order valence-corrected chi connectivity index (χ4v) is 2.45. The van der Waals surface area contributed by atoms with E-state index >= 15 is 0 Å². The molecule has 0 radical (unpaired) electrons. The Labute approximate surface area is 103 Å². The number of rotatable bonds is 4. The van der Waals surface area contributed by atoms with E-state index in [0.717, 1.165) is 23.7 Å². The lowest BCUT2D eigenvalue weighted by Gasteiger charge is -1.96. The number of hydrogen-bond acceptors (Lipinski definition) is 4. The molecule has 0 fully saturated rings. The van der Waals surface area contributed by atoms with Crippen molar-refractivity contribution in [3.63, 3.8) is 0 Å². The molecule has 0 unspecified atom stereocenters. The molecule has 2 aromatic heterocycles. The molecule has 6 heteroatoms. The van der Waals surface area contributed by atoms with Crippen LogP contribution >= 0.6 is 22.9 Å². The first-order valence-corrected chi connectivity index (χ1v) is 6.30. The van der Waals surface area contributed by atoms with Crippen LogP contribution in [0.5, 0.6) is 0 Å². The highest BCUT2D eigenvalue weighted by Gasteiger charge is 2.16. The first-order valence-electron chi connectivity index (χ1n) is 5.05. The molecule has 2 aromatic rings. The van der Waals surface area contributed by atoms with Crippen molar-refractivity contribution >= 4 is 22.9 Å². The Morgan fingerprint density at radius 3 is 2.94 bits per heavy atom. The molecule has 0 saturated heterocycles. The van der Waals surface area contributed by atoms with Crippen LogP contribution in [0.15, 0.2) is 11.6 Å². The molecule has 2 rings (SSSR count). The summed E-state index contributed by atoms with van der Waals surface area (Å²) < 4.78 is 1.59. The molecule has 0 bridgehead atoms. The van der Waals surface area contributed by atoms with E-state index in [9.17, 15) is 5.11 Å². The van der Waals surface area contributed by atoms with E-state index in [-0.39, 0.29) is 6.61 Å². The van der Waals surface area contributed by atoms with E-state index < -0.39 is 0 Å². The highest BCUT2D eigenvalue weighted by Crippen LogP contribution is 2.25. The zero-order valence-corrected chi connectivity index (χ0v) is 10.4. The van der Waals surface area contributed by atoms with Crippen molar-refractivity contribution in [3.05, 3.63) is 28.0 Å². The maximum absolute atomic E-state index is 9.28. The molecule has 0 aliphatic rings. The molecule has 0 aliphatic carbocycles. The lowest BCUT2D eigenvalue weighted by molar-refractivity contribution is 0.280. The Balaban J connectivity index is 2.47. The molecule has 4 nitrogen and oxygen atoms in total. The van der Waals surface area contributed by atoms with E-state index in [1.165, 1.54) is 11.3 Å². The van der Waals surface area contributed by atoms with Gasteiger partial charge in [-0.15, -0.1) is 11.3 Å². The van der Waals surface area contributed by atoms with Gasteiger partial charge in [0.15, 0.2) is 0 Å². The van der Waals surface area contributed by atoms with Crippen LogP contribution in [0.1, 0.15) is 24.6 Å². The highest BCUT2D eigenvalue weighted by molar-refractivity contribution is 7.12. The zero-order valence-electron chi connectivity index (χ0n) is 8.85. The van der Waals surface area contributed by atoms with Crippen molar-refractivity contribution in [2.24, 2.45) is 0 Å². The van der Waals surface area contributed by atoms with Crippen LogP contribution < -0.4 is 0 Å². The summed E-state index contributed by atoms with van der Waals surface area (Å²) in [5, 5.41) is 16.7. The topological polar surface area (TPSA) is 50.9 Å². The SMILES string of the molecule is CCCc1nn(-c2nccs2)c(Cl)c1CO. The maximum atomic E-state index is 9.28. The average Bonchev–Trinajstić information content (AvgIpc) is 2.87. The lowest BCUT2D eigenvalue weighted by Crippen LogP contribution is -1.96. The quantitative estimate of drug-likeness (QED) is 0.915. The number of thiazole rings is 1. The summed E-state index contributed by atoms with van der Waals surface area (Å²) in [4.78, 5) is 4.15. The summed E-state index contributed by atoms with van der Waals surface area (Å²) in [6.45, 7) is 1.98. The van der Waals surface area contributed by atoms with Crippen molar-refractivity contribution in [1.82, 2.24) is 14.8 Å². The molecule has 0 aromatic carbocycles. The molecule has 86 valence electrons. The van der Waals surface area contributed by atoms with Crippen LogP contribution in [-0.2, 0) is 13.0 Å². The number of aryl methyl sites for hydroxylation is 1. The molecule has 0 atom stereocenters. The molecule has 0 spiro atoms. The van der Waals surface area contributed by atoms with Crippen molar-refractivity contribution < 1.29 is 5.11 Å². The van der Waals surface area contributed by atoms with Crippen LogP contribution in [0.25, 0.3) is 5.13 Å². The normalized spacial score (nSPS) is 10.9. The van der Waals surface area contributed by atoms with Crippen molar-refractivity contribution in [3.8, 4) is 5.13 Å². The van der Waals surface area contributed by atoms with Gasteiger partial charge in [-0.25, -0.2) is 4.98 Å². The van der Waals surface area contributed by atoms with Gasteiger partial charge in [-0.2, -0.15) is 9.78 Å². The Hall–Kier alpha value is -0.910. The smallest absolute Gasteiger partial charge is 0.211 e. The molecule has 0 amide bonds. The number of aliphatic hydroxyl groups excluding tert-OH is 1. The van der Waals surface area contributed by atoms with Gasteiger partial charge in [0.05, 0.1) is 12.3 Å². The van der Waals surface area contributed by atoms with Crippen LogP contribution in [-0.4, -0.2) is 19.9 Å². The molecule has 2 heterocycles. The third-order valence-electron chi connectivity index (χ3n) is 2.25. The minimum Gasteiger partial charge on any atom is -0.391 e. The number of halogens is 1. The lowest BCUT2D eigenvalue weighted by atomic mass is 10.2. The molecule has 16 heavy (non-hydrogen) atoms. The molecule has 0 saturated carbocycles. The first-order chi connectivity index (χ1) is 7.77. The van der Waals surface area contributed by atoms with Gasteiger partial charge >= 0.3 is 0 Å². The first kappa shape index (κ1) is 11.6. The van der Waals surface area contributed by atoms with Crippen LogP contribution in [0.2, 0.25) is 5.15 Å². The summed E-state index contributed by atoms with van der Waals surface area (Å²) in [5.74, 6) is 0. The Morgan fingerprint density at radius 1 is 1.56 bits per heavy atom. The average molecular weight is 258 g/mol. The van der Waals surface area contributed by atoms with E-state index in [4.69, 9.17) is 11.6 Å². The van der Waals surface area contributed by atoms with Gasteiger partial charge in [0.1, 0.15) is 5.15 Å². The molecule has 1 N–H and O–H groups in total. The largest absolute Gasteiger partial charge is 0.391 e. The van der Waals surface area contributed by atoms with Crippen LogP contribution in [0.4, 0.5) is 0 Å². The van der Waals surface area contributed by atoms with Gasteiger partial charge in [0.25, 0.3) is 0 Å². The Morgan fingerprint density at radius 2 is 2.38 bits per heavy atom. The fourth-order valence-electron chi connectivity index (χ4n) is 1.51. The number of aromatic nitrogens is 3. The minimum atomic E-state index is -0.0838. The summed E-state index contributed by atoms with van der Waals surface area (Å²) in [6.07, 6.45) is 3.49. The molecular weight excluding hydrogens is 246 g/mol. The summed E-state index contributed by atoms with van der Waals surface area (Å²) in [5.41, 5.74) is 1.56. The van der Waals surface area contributed by atoms with E-state index in [1.807, 2.05) is 5.38 Å². The van der Waals surface area contributed by atoms with Crippen molar-refractivity contribution in [2.45, 2.75) is 26.4 Å². The summed E-state index contributed by atoms with van der Waals surface area (Å²) in [6, 6.07) is 0. The summed E-state index contributed by atoms with van der Waals surface area (Å²) in [7, 11) is 0. The summed E-state index contributed by atoms with van der Waals surface area (Å²) >= 11 is 7.63. The van der Waals surface area contributed by atoms with E-state index in [0.29, 0.717) is 10.7 Å². The van der Waals surface area contributed by atoms with Gasteiger partial charge in [-0.05, 0) is 6.42 Å². The Bertz CT molecular complexity index is 467. The number of aliphatic hydroxyl groups is 1. The monoisotopic (exact) mass is 257 g/mol. The molecule has 0 aliphatic heterocycles. The van der Waals surface area contributed by atoms with Gasteiger partial charge in [0.2, 0.25) is 5.13 Å². The maximum Gasteiger partial charge on any atom is 0.211 e. The van der Waals surface area contributed by atoms with Crippen LogP contribution in [0, 0.1) is 0 Å². The van der Waals surface area contributed by atoms with E-state index in [1.54, 1.807) is 10.9 Å². The zero-order chi connectivity index (χ0) is 11.5. The highest BCUT2D eigenvalue weighted by atomic mass is 35.5. The predicted molar refractivity (Wildman–Crippen MR) is 64.2 cm³/mol. The second-order valence-electron chi connectivity index (χ2n) is 3.35. The Kier molecular flexibility index (Phi) is 3.58. The standard InChI is InChI=1S/C10H12ClN3OS/c1-2-3-8-7(6-15)9(11)14(13-8)10-12-4-5-16-10/h4-5,15H,2-3,6H2,1H3. The van der Waals surface area contributed by atoms with Gasteiger partial charge < -0.3 is 5.11 Å². The van der Waals surface area contributed by atoms with Gasteiger partial charge in [-0.3, -0.25) is 0 Å². The number of nitrogens with zero attached hydrogens (tertiary/aromatic N) is 3. The fraction of sp³-hybridized carbons (Fsp3) is 0.400. The predicted octanol–water partition coefficient (Wildman–Crippen LogP) is 2.43. The van der Waals surface area contributed by atoms with Gasteiger partial charge in [-0.1, -0.05) is 24.9 Å². The van der Waals surface area contributed by atoms with Crippen molar-refractivity contribution in [1.29, 1.82) is 0 Å². The third kappa shape index (κ3) is 1.98. The molecular formula is C10H12ClN3OS. The second kappa shape index (κ2) is 4.95.